The van der Waals surface area contributed by atoms with Crippen molar-refractivity contribution >= 4 is 5.91 Å². The van der Waals surface area contributed by atoms with Crippen LogP contribution in [0.2, 0.25) is 0 Å². The molecule has 4 heteroatoms. The molecule has 1 aliphatic heterocycles. The first kappa shape index (κ1) is 16.0. The first-order valence-corrected chi connectivity index (χ1v) is 7.91. The Morgan fingerprint density at radius 1 is 1.29 bits per heavy atom. The summed E-state index contributed by atoms with van der Waals surface area (Å²) in [5, 5.41) is 9.55. The second kappa shape index (κ2) is 8.15. The maximum absolute atomic E-state index is 12.8. The van der Waals surface area contributed by atoms with E-state index < -0.39 is 0 Å². The standard InChI is InChI=1S/C17H26N2O2/c18-12-15(11-14-7-3-1-4-8-14)17(21)19-10-6-2-5-9-16(19)13-20/h1,3-4,7-8,15-16,20H,2,5-6,9-13,18H2. The van der Waals surface area contributed by atoms with Gasteiger partial charge < -0.3 is 15.7 Å². The fourth-order valence-electron chi connectivity index (χ4n) is 3.06. The molecule has 0 bridgehead atoms. The van der Waals surface area contributed by atoms with Crippen LogP contribution in [-0.4, -0.2) is 41.7 Å². The van der Waals surface area contributed by atoms with Crippen LogP contribution in [0.15, 0.2) is 30.3 Å². The summed E-state index contributed by atoms with van der Waals surface area (Å²) in [5.74, 6) is -0.0955. The zero-order chi connectivity index (χ0) is 15.1. The number of aliphatic hydroxyl groups is 1. The Kier molecular flexibility index (Phi) is 6.21. The molecule has 1 saturated heterocycles. The van der Waals surface area contributed by atoms with Crippen molar-refractivity contribution < 1.29 is 9.90 Å². The fourth-order valence-corrected chi connectivity index (χ4v) is 3.06. The van der Waals surface area contributed by atoms with Crippen molar-refractivity contribution in [3.63, 3.8) is 0 Å². The largest absolute Gasteiger partial charge is 0.394 e. The highest BCUT2D eigenvalue weighted by Crippen LogP contribution is 2.20. The maximum atomic E-state index is 12.8. The fraction of sp³-hybridized carbons (Fsp3) is 0.588. The smallest absolute Gasteiger partial charge is 0.227 e. The highest BCUT2D eigenvalue weighted by molar-refractivity contribution is 5.79. The van der Waals surface area contributed by atoms with E-state index in [-0.39, 0.29) is 24.5 Å². The Labute approximate surface area is 126 Å². The van der Waals surface area contributed by atoms with Gasteiger partial charge in [-0.1, -0.05) is 43.2 Å². The normalized spacial score (nSPS) is 20.9. The molecular formula is C17H26N2O2. The number of carbonyl (C=O) groups is 1. The number of benzene rings is 1. The van der Waals surface area contributed by atoms with Gasteiger partial charge in [-0.15, -0.1) is 0 Å². The minimum Gasteiger partial charge on any atom is -0.394 e. The molecule has 1 fully saturated rings. The van der Waals surface area contributed by atoms with Crippen molar-refractivity contribution in [1.29, 1.82) is 0 Å². The Morgan fingerprint density at radius 3 is 2.71 bits per heavy atom. The SMILES string of the molecule is NCC(Cc1ccccc1)C(=O)N1CCCCCC1CO. The van der Waals surface area contributed by atoms with E-state index in [1.807, 2.05) is 35.2 Å². The minimum absolute atomic E-state index is 0.0372. The first-order valence-electron chi connectivity index (χ1n) is 7.91. The van der Waals surface area contributed by atoms with E-state index in [0.717, 1.165) is 37.8 Å². The Bertz CT molecular complexity index is 436. The molecule has 4 nitrogen and oxygen atoms in total. The van der Waals surface area contributed by atoms with Crippen LogP contribution in [0.3, 0.4) is 0 Å². The summed E-state index contributed by atoms with van der Waals surface area (Å²) >= 11 is 0. The van der Waals surface area contributed by atoms with Crippen LogP contribution in [-0.2, 0) is 11.2 Å². The average Bonchev–Trinajstić information content (AvgIpc) is 2.78. The van der Waals surface area contributed by atoms with Gasteiger partial charge in [0.15, 0.2) is 0 Å². The number of nitrogens with zero attached hydrogens (tertiary/aromatic N) is 1. The van der Waals surface area contributed by atoms with Gasteiger partial charge in [-0.3, -0.25) is 4.79 Å². The third-order valence-corrected chi connectivity index (χ3v) is 4.33. The topological polar surface area (TPSA) is 66.6 Å². The van der Waals surface area contributed by atoms with Crippen LogP contribution in [0.25, 0.3) is 0 Å². The third kappa shape index (κ3) is 4.29. The second-order valence-corrected chi connectivity index (χ2v) is 5.84. The van der Waals surface area contributed by atoms with Gasteiger partial charge in [0, 0.05) is 13.1 Å². The molecule has 1 heterocycles. The number of hydrogen-bond donors (Lipinski definition) is 2. The lowest BCUT2D eigenvalue weighted by Crippen LogP contribution is -2.47. The van der Waals surface area contributed by atoms with Gasteiger partial charge >= 0.3 is 0 Å². The Hall–Kier alpha value is -1.39. The molecule has 2 unspecified atom stereocenters. The van der Waals surface area contributed by atoms with Crippen LogP contribution in [0.4, 0.5) is 0 Å². The summed E-state index contributed by atoms with van der Waals surface area (Å²) in [6, 6.07) is 9.96. The van der Waals surface area contributed by atoms with Crippen molar-refractivity contribution in [2.75, 3.05) is 19.7 Å². The molecule has 1 amide bonds. The molecule has 116 valence electrons. The van der Waals surface area contributed by atoms with Crippen LogP contribution < -0.4 is 5.73 Å². The van der Waals surface area contributed by atoms with E-state index >= 15 is 0 Å². The summed E-state index contributed by atoms with van der Waals surface area (Å²) in [4.78, 5) is 14.7. The molecular weight excluding hydrogens is 264 g/mol. The van der Waals surface area contributed by atoms with Crippen LogP contribution >= 0.6 is 0 Å². The molecule has 2 atom stereocenters. The molecule has 2 rings (SSSR count). The van der Waals surface area contributed by atoms with Gasteiger partial charge in [0.1, 0.15) is 0 Å². The number of carbonyl (C=O) groups excluding carboxylic acids is 1. The quantitative estimate of drug-likeness (QED) is 0.865. The lowest BCUT2D eigenvalue weighted by molar-refractivity contribution is -0.138. The summed E-state index contributed by atoms with van der Waals surface area (Å²) in [5.41, 5.74) is 6.98. The molecule has 3 N–H and O–H groups in total. The molecule has 1 aliphatic rings. The molecule has 0 aromatic heterocycles. The van der Waals surface area contributed by atoms with Gasteiger partial charge in [-0.05, 0) is 24.8 Å². The van der Waals surface area contributed by atoms with Gasteiger partial charge in [0.25, 0.3) is 0 Å². The van der Waals surface area contributed by atoms with E-state index in [1.54, 1.807) is 0 Å². The number of rotatable bonds is 5. The maximum Gasteiger partial charge on any atom is 0.227 e. The summed E-state index contributed by atoms with van der Waals surface area (Å²) in [7, 11) is 0. The van der Waals surface area contributed by atoms with E-state index in [1.165, 1.54) is 0 Å². The number of aliphatic hydroxyl groups excluding tert-OH is 1. The molecule has 0 aliphatic carbocycles. The summed E-state index contributed by atoms with van der Waals surface area (Å²) < 4.78 is 0. The van der Waals surface area contributed by atoms with Crippen molar-refractivity contribution in [1.82, 2.24) is 4.90 Å². The molecule has 0 radical (unpaired) electrons. The first-order chi connectivity index (χ1) is 10.3. The van der Waals surface area contributed by atoms with E-state index in [9.17, 15) is 9.90 Å². The van der Waals surface area contributed by atoms with Crippen molar-refractivity contribution in [2.24, 2.45) is 11.7 Å². The number of amides is 1. The van der Waals surface area contributed by atoms with Crippen LogP contribution in [0, 0.1) is 5.92 Å². The Morgan fingerprint density at radius 2 is 2.05 bits per heavy atom. The van der Waals surface area contributed by atoms with Crippen LogP contribution in [0.5, 0.6) is 0 Å². The van der Waals surface area contributed by atoms with E-state index in [0.29, 0.717) is 13.0 Å². The van der Waals surface area contributed by atoms with E-state index in [4.69, 9.17) is 5.73 Å². The summed E-state index contributed by atoms with van der Waals surface area (Å²) in [6.45, 7) is 1.14. The highest BCUT2D eigenvalue weighted by atomic mass is 16.3. The molecule has 0 saturated carbocycles. The zero-order valence-corrected chi connectivity index (χ0v) is 12.6. The third-order valence-electron chi connectivity index (χ3n) is 4.33. The average molecular weight is 290 g/mol. The van der Waals surface area contributed by atoms with Crippen molar-refractivity contribution in [2.45, 2.75) is 38.1 Å². The Balaban J connectivity index is 2.07. The minimum atomic E-state index is -0.195. The molecule has 21 heavy (non-hydrogen) atoms. The number of nitrogens with two attached hydrogens (primary N) is 1. The molecule has 1 aromatic carbocycles. The van der Waals surface area contributed by atoms with Gasteiger partial charge in [0.05, 0.1) is 18.6 Å². The van der Waals surface area contributed by atoms with Crippen molar-refractivity contribution in [3.8, 4) is 0 Å². The molecule has 0 spiro atoms. The van der Waals surface area contributed by atoms with Gasteiger partial charge in [-0.2, -0.15) is 0 Å². The van der Waals surface area contributed by atoms with Crippen LogP contribution in [0.1, 0.15) is 31.2 Å². The van der Waals surface area contributed by atoms with Gasteiger partial charge in [0.2, 0.25) is 5.91 Å². The number of hydrogen-bond acceptors (Lipinski definition) is 3. The van der Waals surface area contributed by atoms with Crippen molar-refractivity contribution in [3.05, 3.63) is 35.9 Å². The predicted molar refractivity (Wildman–Crippen MR) is 83.7 cm³/mol. The zero-order valence-electron chi connectivity index (χ0n) is 12.6. The second-order valence-electron chi connectivity index (χ2n) is 5.84. The molecule has 1 aromatic rings. The van der Waals surface area contributed by atoms with Gasteiger partial charge in [-0.25, -0.2) is 0 Å². The summed E-state index contributed by atoms with van der Waals surface area (Å²) in [6.07, 6.45) is 4.80. The lowest BCUT2D eigenvalue weighted by atomic mass is 9.97. The highest BCUT2D eigenvalue weighted by Gasteiger charge is 2.29. The lowest BCUT2D eigenvalue weighted by Gasteiger charge is -2.32. The monoisotopic (exact) mass is 290 g/mol. The number of likely N-dealkylation sites (tertiary alicyclic amines) is 1. The van der Waals surface area contributed by atoms with E-state index in [2.05, 4.69) is 0 Å². The predicted octanol–water partition coefficient (Wildman–Crippen LogP) is 1.57.